The molecular weight excluding hydrogens is 204 g/mol. The maximum Gasteiger partial charge on any atom is 0.0406 e. The summed E-state index contributed by atoms with van der Waals surface area (Å²) in [6, 6.07) is 8.12. The van der Waals surface area contributed by atoms with Crippen LogP contribution in [-0.4, -0.2) is 0 Å². The molecule has 0 saturated carbocycles. The fourth-order valence-corrected chi connectivity index (χ4v) is 1.80. The minimum atomic E-state index is 0.693. The van der Waals surface area contributed by atoms with Crippen molar-refractivity contribution < 1.29 is 0 Å². The van der Waals surface area contributed by atoms with Crippen molar-refractivity contribution in [1.82, 2.24) is 0 Å². The van der Waals surface area contributed by atoms with E-state index in [1.54, 1.807) is 0 Å². The Morgan fingerprint density at radius 1 is 1.27 bits per heavy atom. The Bertz CT molecular complexity index is 320. The van der Waals surface area contributed by atoms with Gasteiger partial charge in [-0.15, -0.1) is 0 Å². The number of halogens is 1. The molecule has 0 aliphatic heterocycles. The quantitative estimate of drug-likeness (QED) is 0.659. The van der Waals surface area contributed by atoms with Gasteiger partial charge in [-0.25, -0.2) is 0 Å². The first-order chi connectivity index (χ1) is 7.13. The minimum absolute atomic E-state index is 0.693. The highest BCUT2D eigenvalue weighted by Crippen LogP contribution is 2.24. The summed E-state index contributed by atoms with van der Waals surface area (Å²) in [6.07, 6.45) is 4.53. The van der Waals surface area contributed by atoms with E-state index in [1.807, 2.05) is 12.1 Å². The summed E-state index contributed by atoms with van der Waals surface area (Å²) in [5, 5.41) is 0.805. The van der Waals surface area contributed by atoms with Gasteiger partial charge in [-0.2, -0.15) is 0 Å². The molecule has 0 spiro atoms. The van der Waals surface area contributed by atoms with Crippen LogP contribution in [0.2, 0.25) is 5.02 Å². The summed E-state index contributed by atoms with van der Waals surface area (Å²) in [5.41, 5.74) is 2.74. The van der Waals surface area contributed by atoms with Gasteiger partial charge in [-0.1, -0.05) is 50.6 Å². The molecule has 0 amide bonds. The van der Waals surface area contributed by atoms with Crippen LogP contribution >= 0.6 is 11.6 Å². The Labute approximate surface area is 98.0 Å². The molecule has 0 aromatic heterocycles. The maximum atomic E-state index is 5.88. The highest BCUT2D eigenvalue weighted by atomic mass is 35.5. The third-order valence-electron chi connectivity index (χ3n) is 2.29. The smallest absolute Gasteiger partial charge is 0.0406 e. The molecule has 15 heavy (non-hydrogen) atoms. The highest BCUT2D eigenvalue weighted by Gasteiger charge is 2.03. The van der Waals surface area contributed by atoms with Crippen LogP contribution in [-0.2, 0) is 0 Å². The molecule has 0 atom stereocenters. The van der Waals surface area contributed by atoms with Crippen LogP contribution in [0, 0.1) is 5.92 Å². The Balaban J connectivity index is 2.89. The van der Waals surface area contributed by atoms with E-state index in [1.165, 1.54) is 11.1 Å². The molecule has 0 aliphatic carbocycles. The molecule has 0 aliphatic rings. The van der Waals surface area contributed by atoms with Crippen molar-refractivity contribution >= 4 is 17.2 Å². The van der Waals surface area contributed by atoms with Gasteiger partial charge >= 0.3 is 0 Å². The van der Waals surface area contributed by atoms with E-state index in [2.05, 4.69) is 39.0 Å². The van der Waals surface area contributed by atoms with Gasteiger partial charge in [0.2, 0.25) is 0 Å². The molecule has 82 valence electrons. The average Bonchev–Trinajstić information content (AvgIpc) is 2.17. The largest absolute Gasteiger partial charge is 0.0843 e. The van der Waals surface area contributed by atoms with E-state index < -0.39 is 0 Å². The normalized spacial score (nSPS) is 12.2. The van der Waals surface area contributed by atoms with E-state index in [4.69, 9.17) is 11.6 Å². The van der Waals surface area contributed by atoms with Gasteiger partial charge in [0.15, 0.2) is 0 Å². The van der Waals surface area contributed by atoms with E-state index >= 15 is 0 Å². The molecule has 0 N–H and O–H groups in total. The first kappa shape index (κ1) is 12.3. The molecule has 1 aromatic rings. The zero-order chi connectivity index (χ0) is 11.3. The molecule has 0 bridgehead atoms. The molecule has 0 nitrogen and oxygen atoms in total. The zero-order valence-corrected chi connectivity index (χ0v) is 10.5. The molecule has 0 heterocycles. The third-order valence-corrected chi connectivity index (χ3v) is 2.55. The second kappa shape index (κ2) is 5.97. The Morgan fingerprint density at radius 3 is 2.33 bits per heavy atom. The van der Waals surface area contributed by atoms with Gasteiger partial charge in [-0.3, -0.25) is 0 Å². The van der Waals surface area contributed by atoms with Gasteiger partial charge in [-0.05, 0) is 42.0 Å². The Kier molecular flexibility index (Phi) is 4.90. The summed E-state index contributed by atoms with van der Waals surface area (Å²) in [5.74, 6) is 0.693. The van der Waals surface area contributed by atoms with Crippen molar-refractivity contribution in [3.05, 3.63) is 40.9 Å². The van der Waals surface area contributed by atoms with Crippen LogP contribution in [0.25, 0.3) is 5.57 Å². The van der Waals surface area contributed by atoms with Crippen molar-refractivity contribution in [2.75, 3.05) is 0 Å². The summed E-state index contributed by atoms with van der Waals surface area (Å²) < 4.78 is 0. The first-order valence-electron chi connectivity index (χ1n) is 5.58. The second-order valence-electron chi connectivity index (χ2n) is 4.24. The van der Waals surface area contributed by atoms with Gasteiger partial charge in [0.05, 0.1) is 0 Å². The number of hydrogen-bond donors (Lipinski definition) is 0. The summed E-state index contributed by atoms with van der Waals surface area (Å²) in [6.45, 7) is 6.68. The van der Waals surface area contributed by atoms with Crippen molar-refractivity contribution in [2.45, 2.75) is 33.6 Å². The topological polar surface area (TPSA) is 0 Å². The standard InChI is InChI=1S/C14H19Cl/c1-4-5-13(10-11(2)3)12-6-8-14(15)9-7-12/h5-9,11H,4,10H2,1-3H3. The van der Waals surface area contributed by atoms with Gasteiger partial charge in [0.1, 0.15) is 0 Å². The van der Waals surface area contributed by atoms with E-state index in [0.717, 1.165) is 17.9 Å². The number of allylic oxidation sites excluding steroid dienone is 2. The zero-order valence-electron chi connectivity index (χ0n) is 9.76. The molecule has 1 heteroatoms. The number of benzene rings is 1. The SMILES string of the molecule is CCC=C(CC(C)C)c1ccc(Cl)cc1. The molecule has 0 saturated heterocycles. The van der Waals surface area contributed by atoms with Crippen LogP contribution in [0.3, 0.4) is 0 Å². The molecule has 0 fully saturated rings. The predicted octanol–water partition coefficient (Wildman–Crippen LogP) is 5.18. The maximum absolute atomic E-state index is 5.88. The third kappa shape index (κ3) is 4.09. The molecule has 1 rings (SSSR count). The summed E-state index contributed by atoms with van der Waals surface area (Å²) >= 11 is 5.88. The Morgan fingerprint density at radius 2 is 1.87 bits per heavy atom. The second-order valence-corrected chi connectivity index (χ2v) is 4.68. The van der Waals surface area contributed by atoms with Crippen molar-refractivity contribution in [1.29, 1.82) is 0 Å². The minimum Gasteiger partial charge on any atom is -0.0843 e. The molecule has 0 unspecified atom stereocenters. The van der Waals surface area contributed by atoms with Crippen molar-refractivity contribution in [2.24, 2.45) is 5.92 Å². The van der Waals surface area contributed by atoms with Crippen molar-refractivity contribution in [3.8, 4) is 0 Å². The van der Waals surface area contributed by atoms with Gasteiger partial charge < -0.3 is 0 Å². The lowest BCUT2D eigenvalue weighted by Gasteiger charge is -2.10. The average molecular weight is 223 g/mol. The molecule has 0 radical (unpaired) electrons. The fourth-order valence-electron chi connectivity index (χ4n) is 1.67. The molecule has 1 aromatic carbocycles. The van der Waals surface area contributed by atoms with Crippen molar-refractivity contribution in [3.63, 3.8) is 0 Å². The van der Waals surface area contributed by atoms with Crippen LogP contribution in [0.15, 0.2) is 30.3 Å². The lowest BCUT2D eigenvalue weighted by molar-refractivity contribution is 0.672. The van der Waals surface area contributed by atoms with Gasteiger partial charge in [0, 0.05) is 5.02 Å². The van der Waals surface area contributed by atoms with Crippen LogP contribution in [0.5, 0.6) is 0 Å². The predicted molar refractivity (Wildman–Crippen MR) is 69.2 cm³/mol. The molecular formula is C14H19Cl. The lowest BCUT2D eigenvalue weighted by atomic mass is 9.96. The van der Waals surface area contributed by atoms with E-state index in [-0.39, 0.29) is 0 Å². The van der Waals surface area contributed by atoms with Crippen LogP contribution < -0.4 is 0 Å². The van der Waals surface area contributed by atoms with E-state index in [9.17, 15) is 0 Å². The number of rotatable bonds is 4. The fraction of sp³-hybridized carbons (Fsp3) is 0.429. The van der Waals surface area contributed by atoms with Crippen LogP contribution in [0.1, 0.15) is 39.2 Å². The summed E-state index contributed by atoms with van der Waals surface area (Å²) in [7, 11) is 0. The first-order valence-corrected chi connectivity index (χ1v) is 5.96. The monoisotopic (exact) mass is 222 g/mol. The summed E-state index contributed by atoms with van der Waals surface area (Å²) in [4.78, 5) is 0. The van der Waals surface area contributed by atoms with E-state index in [0.29, 0.717) is 5.92 Å². The highest BCUT2D eigenvalue weighted by molar-refractivity contribution is 6.30. The number of hydrogen-bond acceptors (Lipinski definition) is 0. The van der Waals surface area contributed by atoms with Crippen LogP contribution in [0.4, 0.5) is 0 Å². The van der Waals surface area contributed by atoms with Gasteiger partial charge in [0.25, 0.3) is 0 Å². The Hall–Kier alpha value is -0.750. The lowest BCUT2D eigenvalue weighted by Crippen LogP contribution is -1.91.